The van der Waals surface area contributed by atoms with Crippen LogP contribution in [0.15, 0.2) is 24.3 Å². The molecule has 6 heteroatoms. The molecule has 2 heterocycles. The smallest absolute Gasteiger partial charge is 0.444 e. The largest absolute Gasteiger partial charge is 0.494 e. The Balaban J connectivity index is 1.72. The summed E-state index contributed by atoms with van der Waals surface area (Å²) in [5.41, 5.74) is 1.47. The second-order valence-corrected chi connectivity index (χ2v) is 9.36. The summed E-state index contributed by atoms with van der Waals surface area (Å²) in [6.07, 6.45) is 2.76. The van der Waals surface area contributed by atoms with Crippen molar-refractivity contribution in [2.75, 3.05) is 6.54 Å². The van der Waals surface area contributed by atoms with E-state index in [4.69, 9.17) is 14.0 Å². The second-order valence-electron chi connectivity index (χ2n) is 9.36. The van der Waals surface area contributed by atoms with E-state index in [1.54, 1.807) is 0 Å². The number of nitrogens with zero attached hydrogens (tertiary/aromatic N) is 1. The fourth-order valence-electron chi connectivity index (χ4n) is 3.99. The molecule has 0 spiro atoms. The zero-order valence-corrected chi connectivity index (χ0v) is 17.5. The first-order valence-electron chi connectivity index (χ1n) is 9.97. The Morgan fingerprint density at radius 2 is 1.93 bits per heavy atom. The molecule has 3 rings (SSSR count). The predicted molar refractivity (Wildman–Crippen MR) is 107 cm³/mol. The van der Waals surface area contributed by atoms with E-state index >= 15 is 0 Å². The highest BCUT2D eigenvalue weighted by Crippen LogP contribution is 2.33. The van der Waals surface area contributed by atoms with Crippen LogP contribution >= 0.6 is 0 Å². The van der Waals surface area contributed by atoms with Gasteiger partial charge in [0.05, 0.1) is 11.6 Å². The van der Waals surface area contributed by atoms with Crippen LogP contribution in [0.3, 0.4) is 0 Å². The summed E-state index contributed by atoms with van der Waals surface area (Å²) in [5, 5.41) is 0. The molecule has 5 nitrogen and oxygen atoms in total. The third-order valence-corrected chi connectivity index (χ3v) is 5.04. The van der Waals surface area contributed by atoms with Crippen molar-refractivity contribution in [2.24, 2.45) is 0 Å². The van der Waals surface area contributed by atoms with Crippen molar-refractivity contribution >= 4 is 18.7 Å². The lowest BCUT2D eigenvalue weighted by molar-refractivity contribution is -0.0230. The first-order chi connectivity index (χ1) is 12.5. The van der Waals surface area contributed by atoms with Gasteiger partial charge < -0.3 is 18.9 Å². The van der Waals surface area contributed by atoms with Crippen LogP contribution in [-0.4, -0.2) is 42.0 Å². The molecule has 148 valence electrons. The zero-order chi connectivity index (χ0) is 19.8. The number of ether oxygens (including phenoxy) is 1. The van der Waals surface area contributed by atoms with Gasteiger partial charge in [0.2, 0.25) is 0 Å². The van der Waals surface area contributed by atoms with Crippen molar-refractivity contribution < 1.29 is 18.8 Å². The van der Waals surface area contributed by atoms with Gasteiger partial charge in [0.25, 0.3) is 0 Å². The van der Waals surface area contributed by atoms with E-state index in [9.17, 15) is 4.79 Å². The fraction of sp³-hybridized carbons (Fsp3) is 0.667. The first-order valence-corrected chi connectivity index (χ1v) is 9.97. The molecule has 0 radical (unpaired) electrons. The molecule has 0 bridgehead atoms. The molecule has 1 amide bonds. The van der Waals surface area contributed by atoms with Crippen LogP contribution < -0.4 is 5.46 Å². The number of hydrogen-bond donors (Lipinski definition) is 0. The van der Waals surface area contributed by atoms with Gasteiger partial charge in [0.15, 0.2) is 0 Å². The Morgan fingerprint density at radius 3 is 2.52 bits per heavy atom. The van der Waals surface area contributed by atoms with Gasteiger partial charge in [-0.15, -0.1) is 0 Å². The lowest BCUT2D eigenvalue weighted by atomic mass is 9.74. The monoisotopic (exact) mass is 373 g/mol. The van der Waals surface area contributed by atoms with Crippen LogP contribution in [0.4, 0.5) is 4.79 Å². The summed E-state index contributed by atoms with van der Waals surface area (Å²) in [6, 6.07) is 8.35. The lowest BCUT2D eigenvalue weighted by Crippen LogP contribution is -2.51. The maximum absolute atomic E-state index is 12.5. The molecule has 1 aromatic rings. The third kappa shape index (κ3) is 5.05. The Hall–Kier alpha value is -1.53. The molecule has 0 aliphatic carbocycles. The molecule has 2 atom stereocenters. The highest BCUT2D eigenvalue weighted by Gasteiger charge is 2.38. The minimum absolute atomic E-state index is 0.0671. The van der Waals surface area contributed by atoms with Gasteiger partial charge in [-0.1, -0.05) is 24.3 Å². The summed E-state index contributed by atoms with van der Waals surface area (Å²) in [4.78, 5) is 14.4. The van der Waals surface area contributed by atoms with Gasteiger partial charge >= 0.3 is 13.2 Å². The van der Waals surface area contributed by atoms with Crippen LogP contribution in [0.25, 0.3) is 0 Å². The van der Waals surface area contributed by atoms with Crippen LogP contribution in [0, 0.1) is 0 Å². The van der Waals surface area contributed by atoms with Crippen LogP contribution in [-0.2, 0) is 14.0 Å². The summed E-state index contributed by atoms with van der Waals surface area (Å²) < 4.78 is 17.7. The highest BCUT2D eigenvalue weighted by molar-refractivity contribution is 6.61. The molecule has 0 unspecified atom stereocenters. The summed E-state index contributed by atoms with van der Waals surface area (Å²) in [6.45, 7) is 12.7. The van der Waals surface area contributed by atoms with Crippen molar-refractivity contribution in [1.29, 1.82) is 0 Å². The summed E-state index contributed by atoms with van der Waals surface area (Å²) in [7, 11) is -0.344. The standard InChI is InChI=1S/C21H32BNO4/c1-15-14-21(5,6)27-22(26-15)17-11-9-16(10-12-17)18-8-7-13-23(18)19(24)25-20(2,3)4/h9-12,15,18H,7-8,13-14H2,1-6H3/t15-,18-/m0/s1. The number of likely N-dealkylation sites (tertiary alicyclic amines) is 1. The molecule has 2 aliphatic heterocycles. The number of benzene rings is 1. The number of rotatable bonds is 2. The third-order valence-electron chi connectivity index (χ3n) is 5.04. The lowest BCUT2D eigenvalue weighted by Gasteiger charge is -2.38. The van der Waals surface area contributed by atoms with E-state index in [0.29, 0.717) is 0 Å². The van der Waals surface area contributed by atoms with Crippen LogP contribution in [0.2, 0.25) is 0 Å². The molecular weight excluding hydrogens is 341 g/mol. The van der Waals surface area contributed by atoms with Crippen LogP contribution in [0.1, 0.15) is 72.4 Å². The van der Waals surface area contributed by atoms with E-state index < -0.39 is 5.60 Å². The molecular formula is C21H32BNO4. The van der Waals surface area contributed by atoms with Crippen molar-refractivity contribution in [3.63, 3.8) is 0 Å². The zero-order valence-electron chi connectivity index (χ0n) is 17.5. The van der Waals surface area contributed by atoms with E-state index in [0.717, 1.165) is 36.8 Å². The normalized spacial score (nSPS) is 25.6. The number of hydrogen-bond acceptors (Lipinski definition) is 4. The molecule has 2 aliphatic rings. The van der Waals surface area contributed by atoms with Gasteiger partial charge in [-0.3, -0.25) is 0 Å². The Kier molecular flexibility index (Phi) is 5.60. The maximum atomic E-state index is 12.5. The number of amides is 1. The first kappa shape index (κ1) is 20.2. The minimum atomic E-state index is -0.479. The summed E-state index contributed by atoms with van der Waals surface area (Å²) in [5.74, 6) is 0. The average Bonchev–Trinajstić information content (AvgIpc) is 3.01. The molecule has 27 heavy (non-hydrogen) atoms. The van der Waals surface area contributed by atoms with Crippen LogP contribution in [0.5, 0.6) is 0 Å². The molecule has 1 aromatic carbocycles. The Bertz CT molecular complexity index is 668. The molecule has 0 aromatic heterocycles. The second kappa shape index (κ2) is 7.48. The van der Waals surface area contributed by atoms with Crippen molar-refractivity contribution in [3.05, 3.63) is 29.8 Å². The maximum Gasteiger partial charge on any atom is 0.494 e. The molecule has 0 N–H and O–H groups in total. The Labute approximate surface area is 163 Å². The van der Waals surface area contributed by atoms with E-state index in [1.165, 1.54) is 0 Å². The summed E-state index contributed by atoms with van der Waals surface area (Å²) >= 11 is 0. The molecule has 2 fully saturated rings. The highest BCUT2D eigenvalue weighted by atomic mass is 16.6. The van der Waals surface area contributed by atoms with Crippen molar-refractivity contribution in [1.82, 2.24) is 4.90 Å². The minimum Gasteiger partial charge on any atom is -0.444 e. The topological polar surface area (TPSA) is 48.0 Å². The van der Waals surface area contributed by atoms with E-state index in [-0.39, 0.29) is 31.0 Å². The van der Waals surface area contributed by atoms with Gasteiger partial charge in [-0.25, -0.2) is 4.79 Å². The van der Waals surface area contributed by atoms with Crippen molar-refractivity contribution in [3.8, 4) is 0 Å². The number of carbonyl (C=O) groups is 1. The Morgan fingerprint density at radius 1 is 1.26 bits per heavy atom. The van der Waals surface area contributed by atoms with Gasteiger partial charge in [0.1, 0.15) is 5.60 Å². The fourth-order valence-corrected chi connectivity index (χ4v) is 3.99. The molecule has 2 saturated heterocycles. The van der Waals surface area contributed by atoms with Gasteiger partial charge in [-0.05, 0) is 71.8 Å². The quantitative estimate of drug-likeness (QED) is 0.734. The number of carbonyl (C=O) groups excluding carboxylic acids is 1. The van der Waals surface area contributed by atoms with Gasteiger partial charge in [0, 0.05) is 12.6 Å². The SMILES string of the molecule is C[C@H]1CC(C)(C)OB(c2ccc([C@@H]3CCCN3C(=O)OC(C)(C)C)cc2)O1. The predicted octanol–water partition coefficient (Wildman–Crippen LogP) is 4.06. The van der Waals surface area contributed by atoms with Crippen molar-refractivity contribution in [2.45, 2.75) is 84.2 Å². The van der Waals surface area contributed by atoms with E-state index in [1.807, 2.05) is 25.7 Å². The van der Waals surface area contributed by atoms with Gasteiger partial charge in [-0.2, -0.15) is 0 Å². The molecule has 0 saturated carbocycles. The average molecular weight is 373 g/mol. The van der Waals surface area contributed by atoms with E-state index in [2.05, 4.69) is 45.0 Å².